The van der Waals surface area contributed by atoms with E-state index in [1.54, 1.807) is 0 Å². The normalized spacial score (nSPS) is 23.3. The Bertz CT molecular complexity index is 1070. The molecule has 0 aromatic heterocycles. The van der Waals surface area contributed by atoms with Crippen LogP contribution in [0.2, 0.25) is 0 Å². The summed E-state index contributed by atoms with van der Waals surface area (Å²) in [4.78, 5) is 29.2. The van der Waals surface area contributed by atoms with E-state index in [9.17, 15) is 14.0 Å². The summed E-state index contributed by atoms with van der Waals surface area (Å²) < 4.78 is 13.6. The highest BCUT2D eigenvalue weighted by Gasteiger charge is 2.40. The van der Waals surface area contributed by atoms with Crippen LogP contribution < -0.4 is 10.6 Å². The SMILES string of the molecule is CC(C)c1ccc(C(C(=O)NC2CC2F)c2ccccc2NC(=O)C2CCN(CC3CC3)CC2)cc1. The zero-order chi connectivity index (χ0) is 25.2. The van der Waals surface area contributed by atoms with Crippen LogP contribution >= 0.6 is 0 Å². The number of piperidine rings is 1. The second kappa shape index (κ2) is 10.7. The van der Waals surface area contributed by atoms with Crippen molar-refractivity contribution in [1.29, 1.82) is 0 Å². The van der Waals surface area contributed by atoms with Gasteiger partial charge in [-0.25, -0.2) is 4.39 Å². The second-order valence-corrected chi connectivity index (χ2v) is 11.2. The Kier molecular flexibility index (Phi) is 7.42. The molecule has 2 aliphatic carbocycles. The Morgan fingerprint density at radius 1 is 0.972 bits per heavy atom. The van der Waals surface area contributed by atoms with Crippen molar-refractivity contribution in [1.82, 2.24) is 10.2 Å². The summed E-state index contributed by atoms with van der Waals surface area (Å²) in [5.41, 5.74) is 3.42. The van der Waals surface area contributed by atoms with Crippen molar-refractivity contribution in [3.8, 4) is 0 Å². The zero-order valence-corrected chi connectivity index (χ0v) is 21.4. The number of amides is 2. The minimum Gasteiger partial charge on any atom is -0.350 e. The van der Waals surface area contributed by atoms with E-state index in [-0.39, 0.29) is 17.7 Å². The van der Waals surface area contributed by atoms with E-state index in [0.29, 0.717) is 18.0 Å². The molecule has 1 heterocycles. The van der Waals surface area contributed by atoms with E-state index in [2.05, 4.69) is 29.4 Å². The molecule has 2 N–H and O–H groups in total. The third kappa shape index (κ3) is 5.97. The van der Waals surface area contributed by atoms with Crippen molar-refractivity contribution in [2.24, 2.45) is 11.8 Å². The van der Waals surface area contributed by atoms with Gasteiger partial charge in [0.15, 0.2) is 0 Å². The van der Waals surface area contributed by atoms with E-state index < -0.39 is 18.1 Å². The minimum atomic E-state index is -0.973. The van der Waals surface area contributed by atoms with E-state index in [0.717, 1.165) is 43.0 Å². The Morgan fingerprint density at radius 3 is 2.22 bits per heavy atom. The Hall–Kier alpha value is -2.73. The molecule has 2 saturated carbocycles. The van der Waals surface area contributed by atoms with Crippen molar-refractivity contribution in [2.75, 3.05) is 25.0 Å². The van der Waals surface area contributed by atoms with Crippen LogP contribution in [-0.2, 0) is 9.59 Å². The highest BCUT2D eigenvalue weighted by molar-refractivity contribution is 5.96. The average Bonchev–Trinajstić information content (AvgIpc) is 3.80. The molecule has 0 bridgehead atoms. The van der Waals surface area contributed by atoms with Crippen LogP contribution in [0.5, 0.6) is 0 Å². The fourth-order valence-corrected chi connectivity index (χ4v) is 5.27. The quantitative estimate of drug-likeness (QED) is 0.505. The number of carbonyl (C=O) groups excluding carboxylic acids is 2. The van der Waals surface area contributed by atoms with Crippen LogP contribution in [0.3, 0.4) is 0 Å². The van der Waals surface area contributed by atoms with Crippen LogP contribution in [0, 0.1) is 11.8 Å². The molecule has 6 heteroatoms. The lowest BCUT2D eigenvalue weighted by atomic mass is 9.87. The molecule has 1 saturated heterocycles. The van der Waals surface area contributed by atoms with Gasteiger partial charge in [-0.2, -0.15) is 0 Å². The second-order valence-electron chi connectivity index (χ2n) is 11.2. The lowest BCUT2D eigenvalue weighted by Gasteiger charge is -2.31. The van der Waals surface area contributed by atoms with Gasteiger partial charge in [0.1, 0.15) is 6.17 Å². The van der Waals surface area contributed by atoms with E-state index in [1.807, 2.05) is 48.5 Å². The van der Waals surface area contributed by atoms with Gasteiger partial charge in [0.25, 0.3) is 0 Å². The monoisotopic (exact) mass is 491 g/mol. The van der Waals surface area contributed by atoms with Gasteiger partial charge >= 0.3 is 0 Å². The first-order chi connectivity index (χ1) is 17.4. The molecule has 5 rings (SSSR count). The van der Waals surface area contributed by atoms with Gasteiger partial charge < -0.3 is 15.5 Å². The highest BCUT2D eigenvalue weighted by atomic mass is 19.1. The number of hydrogen-bond acceptors (Lipinski definition) is 3. The maximum atomic E-state index is 13.6. The predicted molar refractivity (Wildman–Crippen MR) is 141 cm³/mol. The van der Waals surface area contributed by atoms with Gasteiger partial charge in [-0.05, 0) is 73.4 Å². The average molecular weight is 492 g/mol. The standard InChI is InChI=1S/C30H38FN3O2/c1-19(2)21-9-11-22(12-10-21)28(30(36)33-27-17-25(27)31)24-5-3-4-6-26(24)32-29(35)23-13-15-34(16-14-23)18-20-7-8-20/h3-6,9-12,19-20,23,25,27-28H,7-8,13-18H2,1-2H3,(H,32,35)(H,33,36). The minimum absolute atomic E-state index is 0.0221. The fraction of sp³-hybridized carbons (Fsp3) is 0.533. The topological polar surface area (TPSA) is 61.4 Å². The molecule has 1 aliphatic heterocycles. The first-order valence-corrected chi connectivity index (χ1v) is 13.6. The van der Waals surface area contributed by atoms with Crippen molar-refractivity contribution in [3.63, 3.8) is 0 Å². The summed E-state index contributed by atoms with van der Waals surface area (Å²) in [5.74, 6) is 0.387. The largest absolute Gasteiger partial charge is 0.350 e. The zero-order valence-electron chi connectivity index (χ0n) is 21.4. The van der Waals surface area contributed by atoms with Gasteiger partial charge in [0.2, 0.25) is 11.8 Å². The lowest BCUT2D eigenvalue weighted by Crippen LogP contribution is -2.39. The van der Waals surface area contributed by atoms with Crippen molar-refractivity contribution < 1.29 is 14.0 Å². The van der Waals surface area contributed by atoms with Gasteiger partial charge in [-0.15, -0.1) is 0 Å². The number of alkyl halides is 1. The van der Waals surface area contributed by atoms with Crippen LogP contribution in [0.25, 0.3) is 0 Å². The number of halogens is 1. The summed E-state index contributed by atoms with van der Waals surface area (Å²) in [7, 11) is 0. The molecule has 5 nitrogen and oxygen atoms in total. The summed E-state index contributed by atoms with van der Waals surface area (Å²) in [6.07, 6.45) is 3.81. The van der Waals surface area contributed by atoms with Crippen LogP contribution in [-0.4, -0.2) is 48.6 Å². The number of para-hydroxylation sites is 1. The third-order valence-corrected chi connectivity index (χ3v) is 7.94. The fourth-order valence-electron chi connectivity index (χ4n) is 5.27. The number of hydrogen-bond donors (Lipinski definition) is 2. The predicted octanol–water partition coefficient (Wildman–Crippen LogP) is 5.23. The summed E-state index contributed by atoms with van der Waals surface area (Å²) in [6, 6.07) is 15.2. The van der Waals surface area contributed by atoms with Gasteiger partial charge in [0, 0.05) is 24.6 Å². The van der Waals surface area contributed by atoms with E-state index >= 15 is 0 Å². The molecular weight excluding hydrogens is 453 g/mol. The molecule has 2 aromatic rings. The number of carbonyl (C=O) groups is 2. The van der Waals surface area contributed by atoms with Gasteiger partial charge in [-0.1, -0.05) is 56.3 Å². The number of nitrogens with zero attached hydrogens (tertiary/aromatic N) is 1. The van der Waals surface area contributed by atoms with Gasteiger partial charge in [0.05, 0.1) is 12.0 Å². The highest BCUT2D eigenvalue weighted by Crippen LogP contribution is 2.35. The number of benzene rings is 2. The maximum absolute atomic E-state index is 13.6. The molecule has 0 spiro atoms. The molecule has 2 aromatic carbocycles. The summed E-state index contributed by atoms with van der Waals surface area (Å²) in [6.45, 7) is 7.37. The Morgan fingerprint density at radius 2 is 1.61 bits per heavy atom. The van der Waals surface area contributed by atoms with E-state index in [1.165, 1.54) is 24.9 Å². The van der Waals surface area contributed by atoms with E-state index in [4.69, 9.17) is 0 Å². The molecule has 192 valence electrons. The van der Waals surface area contributed by atoms with Crippen LogP contribution in [0.4, 0.5) is 10.1 Å². The molecule has 3 atom stereocenters. The van der Waals surface area contributed by atoms with Crippen LogP contribution in [0.1, 0.15) is 74.5 Å². The Labute approximate surface area is 213 Å². The summed E-state index contributed by atoms with van der Waals surface area (Å²) in [5, 5.41) is 6.02. The molecule has 36 heavy (non-hydrogen) atoms. The third-order valence-electron chi connectivity index (χ3n) is 7.94. The number of anilines is 1. The molecule has 2 amide bonds. The lowest BCUT2D eigenvalue weighted by molar-refractivity contribution is -0.122. The van der Waals surface area contributed by atoms with Crippen LogP contribution in [0.15, 0.2) is 48.5 Å². The smallest absolute Gasteiger partial charge is 0.232 e. The Balaban J connectivity index is 1.34. The first-order valence-electron chi connectivity index (χ1n) is 13.6. The van der Waals surface area contributed by atoms with Crippen molar-refractivity contribution in [2.45, 2.75) is 70.0 Å². The number of likely N-dealkylation sites (tertiary alicyclic amines) is 1. The van der Waals surface area contributed by atoms with Crippen molar-refractivity contribution >= 4 is 17.5 Å². The molecule has 3 unspecified atom stereocenters. The number of nitrogens with one attached hydrogen (secondary N) is 2. The first kappa shape index (κ1) is 24.9. The molecule has 3 fully saturated rings. The molecule has 0 radical (unpaired) electrons. The molecule has 3 aliphatic rings. The van der Waals surface area contributed by atoms with Gasteiger partial charge in [-0.3, -0.25) is 9.59 Å². The van der Waals surface area contributed by atoms with Crippen molar-refractivity contribution in [3.05, 3.63) is 65.2 Å². The maximum Gasteiger partial charge on any atom is 0.232 e. The number of rotatable bonds is 9. The summed E-state index contributed by atoms with van der Waals surface area (Å²) >= 11 is 0. The molecular formula is C30H38FN3O2.